The lowest BCUT2D eigenvalue weighted by Gasteiger charge is -2.46. The third-order valence-electron chi connectivity index (χ3n) is 24.2. The van der Waals surface area contributed by atoms with Crippen LogP contribution in [0.15, 0.2) is 225 Å². The van der Waals surface area contributed by atoms with E-state index >= 15 is 8.42 Å². The first-order valence-corrected chi connectivity index (χ1v) is 47.7. The van der Waals surface area contributed by atoms with E-state index in [1.165, 1.54) is 39.1 Å². The number of hydrogen-bond acceptors (Lipinski definition) is 31. The molecule has 6 aromatic carbocycles. The first kappa shape index (κ1) is 103. The standard InChI is InChI=1S/C94H101Cl2N11O31S2/c1-42(2)31-57(98-6)85(119)103-76-78(114)46-21-26-63(55(95)33-46)134-65-35-48-36-66(135-64-27-22-47(34-56(64)96)79(115)77-90(124)102-75(92(126)127)54-37-49(109)38-62(111)71(54)53-32-45(20-25-61(53)110)73(87(121)104-77)101-88(122)74(48)100-86(120)58(39-68(97)112)99-89(76)123)82(65)138-93-83(81(117)80(116)67(41-108)136-93)137-70-40-94(5,84(118)44(4)133-70)105-69(113)17-11-29-107(140(131,132)50-23-18-43(3)19-24-50)91(125)72-51-13-7-9-15-59(51)106(28-12-30-139(128,129)130)60-16-10-8-14-52(60)72/h7-10,13-16,18-27,32-38,42,44,57-58,67,70,73-81,83-84,93,98,108,111,114-118,125H,11-12,17,28-31,39-41H2,1-6H3,(H2,97,112)(H,99,123)(H,100,120)(H,101,122)(H,102,124)(H,103,119)(H,104,121)(H,105,113)(H,126,127)(H,128,129,130)/b71-53-/t44-,57+,58-,67+,70-,73+,74+,75-,76+,77-,78+,79+,80+,81-,83+,84+,93-,94-/m0/s1. The number of carboxylic acids is 1. The predicted molar refractivity (Wildman–Crippen MR) is 509 cm³/mol. The number of carboxylic acid groups (broad SMARTS) is 1. The van der Waals surface area contributed by atoms with E-state index < -0.39 is 311 Å². The van der Waals surface area contributed by atoms with Crippen LogP contribution in [-0.2, 0) is 53.5 Å². The summed E-state index contributed by atoms with van der Waals surface area (Å²) in [5, 5.41) is 197. The Balaban J connectivity index is 0.902. The summed E-state index contributed by atoms with van der Waals surface area (Å²) in [7, 11) is -7.63. The molecule has 744 valence electrons. The van der Waals surface area contributed by atoms with Crippen molar-refractivity contribution in [3.63, 3.8) is 0 Å². The lowest BCUT2D eigenvalue weighted by Crippen LogP contribution is -2.63. The number of allylic oxidation sites excluding steroid dienone is 6. The number of benzene rings is 6. The molecule has 8 heterocycles. The lowest BCUT2D eigenvalue weighted by molar-refractivity contribution is -0.333. The van der Waals surface area contributed by atoms with Crippen LogP contribution in [0.4, 0.5) is 11.4 Å². The van der Waals surface area contributed by atoms with Crippen LogP contribution in [-0.4, -0.2) is 296 Å². The summed E-state index contributed by atoms with van der Waals surface area (Å²) >= 11 is 14.4. The van der Waals surface area contributed by atoms with Gasteiger partial charge in [-0.1, -0.05) is 109 Å². The average Bonchev–Trinajstić information content (AvgIpc) is 0.738. The summed E-state index contributed by atoms with van der Waals surface area (Å²) in [5.41, 5.74) is 2.74. The first-order valence-electron chi connectivity index (χ1n) is 43.9. The minimum Gasteiger partial charge on any atom is -0.507 e. The molecule has 0 unspecified atom stereocenters. The Labute approximate surface area is 809 Å². The van der Waals surface area contributed by atoms with Crippen molar-refractivity contribution in [1.29, 1.82) is 0 Å². The van der Waals surface area contributed by atoms with Gasteiger partial charge >= 0.3 is 5.97 Å². The van der Waals surface area contributed by atoms with E-state index in [0.717, 1.165) is 65.0 Å². The topological polar surface area (TPSA) is 667 Å². The second kappa shape index (κ2) is 42.2. The predicted octanol–water partition coefficient (Wildman–Crippen LogP) is 9.11. The molecule has 0 radical (unpaired) electrons. The van der Waals surface area contributed by atoms with Crippen LogP contribution >= 0.6 is 23.2 Å². The van der Waals surface area contributed by atoms with Gasteiger partial charge in [0.1, 0.15) is 59.9 Å². The van der Waals surface area contributed by atoms with Gasteiger partial charge in [0.15, 0.2) is 77.5 Å². The highest BCUT2D eigenvalue weighted by atomic mass is 35.5. The number of nitrogens with one attached hydrogen (secondary N) is 1. The summed E-state index contributed by atoms with van der Waals surface area (Å²) in [5.74, 6) is -18.9. The molecule has 0 aromatic heterocycles. The number of halogens is 2. The van der Waals surface area contributed by atoms with E-state index in [-0.39, 0.29) is 53.3 Å². The number of aliphatic carboxylic acids is 1. The van der Waals surface area contributed by atoms with Crippen LogP contribution in [0.25, 0.3) is 5.57 Å². The van der Waals surface area contributed by atoms with Gasteiger partial charge in [0.2, 0.25) is 53.3 Å². The third-order valence-corrected chi connectivity index (χ3v) is 27.4. The molecular weight excluding hydrogens is 1910 g/mol. The summed E-state index contributed by atoms with van der Waals surface area (Å²) in [4.78, 5) is 86.0. The molecule has 0 spiro atoms. The molecule has 6 aromatic rings. The molecule has 2 saturated heterocycles. The number of nitrogens with two attached hydrogens (primary N) is 1. The highest BCUT2D eigenvalue weighted by molar-refractivity contribution is 7.89. The summed E-state index contributed by atoms with van der Waals surface area (Å²) in [6.45, 7) is 6.57. The zero-order valence-corrected chi connectivity index (χ0v) is 78.5. The third kappa shape index (κ3) is 22.1. The molecule has 16 rings (SSSR count). The molecule has 11 bridgehead atoms. The van der Waals surface area contributed by atoms with E-state index in [4.69, 9.17) is 57.4 Å². The molecule has 18 atom stereocenters. The number of primary amides is 1. The highest BCUT2D eigenvalue weighted by Crippen LogP contribution is 2.52. The Bertz CT molecular complexity index is 6510. The van der Waals surface area contributed by atoms with E-state index in [0.29, 0.717) is 40.2 Å². The smallest absolute Gasteiger partial charge is 0.333 e. The Kier molecular flexibility index (Phi) is 31.0. The van der Waals surface area contributed by atoms with Crippen molar-refractivity contribution in [2.75, 3.05) is 37.4 Å². The first-order chi connectivity index (χ1) is 66.2. The summed E-state index contributed by atoms with van der Waals surface area (Å²) < 4.78 is 104. The van der Waals surface area contributed by atoms with Gasteiger partial charge in [0, 0.05) is 71.2 Å². The largest absolute Gasteiger partial charge is 0.507 e. The second-order valence-electron chi connectivity index (χ2n) is 34.7. The number of aliphatic hydroxyl groups is 15. The van der Waals surface area contributed by atoms with Crippen molar-refractivity contribution in [1.82, 2.24) is 9.62 Å². The number of anilines is 2. The minimum absolute atomic E-state index is 0.0380. The fourth-order valence-corrected chi connectivity index (χ4v) is 19.6. The van der Waals surface area contributed by atoms with Gasteiger partial charge in [0.25, 0.3) is 20.1 Å². The number of hydrogen-bond donors (Lipinski definition) is 19. The molecular formula is C94H101Cl2N11O31S2. The maximum atomic E-state index is 15.1. The van der Waals surface area contributed by atoms with Gasteiger partial charge in [-0.3, -0.25) is 18.9 Å². The van der Waals surface area contributed by atoms with Gasteiger partial charge < -0.3 is 126 Å². The molecule has 20 N–H and O–H groups in total. The van der Waals surface area contributed by atoms with Gasteiger partial charge in [-0.05, 0) is 154 Å². The molecule has 10 aliphatic rings. The molecule has 140 heavy (non-hydrogen) atoms. The number of nitrogens with zero attached hydrogens (tertiary/aromatic N) is 9. The van der Waals surface area contributed by atoms with Crippen LogP contribution in [0.2, 0.25) is 10.0 Å². The quantitative estimate of drug-likeness (QED) is 0.0110. The molecule has 8 aliphatic heterocycles. The molecule has 46 heteroatoms. The van der Waals surface area contributed by atoms with Crippen molar-refractivity contribution in [3.05, 3.63) is 229 Å². The second-order valence-corrected chi connectivity index (χ2v) is 39.0. The normalized spacial score (nSPS) is 27.0. The lowest BCUT2D eigenvalue weighted by atomic mass is 9.83. The number of amides is 1. The summed E-state index contributed by atoms with van der Waals surface area (Å²) in [6, 6.07) is 12.9. The van der Waals surface area contributed by atoms with Crippen LogP contribution in [0, 0.1) is 12.8 Å². The molecule has 42 nitrogen and oxygen atoms in total. The van der Waals surface area contributed by atoms with Crippen molar-refractivity contribution in [3.8, 4) is 28.7 Å². The van der Waals surface area contributed by atoms with Crippen LogP contribution in [0.3, 0.4) is 0 Å². The van der Waals surface area contributed by atoms with Crippen LogP contribution in [0.1, 0.15) is 118 Å². The fraction of sp³-hybridized carbons (Fsp3) is 0.372. The zero-order valence-electron chi connectivity index (χ0n) is 75.4. The number of fused-ring (bicyclic) bond motifs is 12. The molecule has 1 amide bonds. The number of aliphatic imine (C=N–C) groups is 7. The number of ether oxygens (including phenoxy) is 6. The van der Waals surface area contributed by atoms with Gasteiger partial charge in [-0.2, -0.15) is 8.42 Å². The van der Waals surface area contributed by atoms with Crippen LogP contribution < -0.4 is 30.2 Å². The van der Waals surface area contributed by atoms with Gasteiger partial charge in [-0.15, -0.1) is 0 Å². The SMILES string of the molecule is CN[C@H](CC(C)C)C(O)=N[C@H]1C(O)=N[C@@H](CC(N)=O)C(O)=N[C@H]2C(O)=N[C@@H]3C4=C/C(=C5/C(O)=CC(=O)C=C5[C@@H](C(=O)O)N=C(O)[C@@H](N=C3O)[C@H](O)c3ccc(c(Cl)c3)Oc3cc2cc(c3O[C@@H]2O[C@H](CO)[C@@H](O)[C@H](O)[C@H]2O[C@H]2C[C@](C)(N=C(O)CCCN(C(O)=C3c5ccccc5N(CCCS(=O)(=O)O)c5ccccc53)S(=O)(=O)c3ccc(C)cc3)[C@H](O)[C@H](C)O2)Oc2ccc(cc2Cl)[C@H]1O)C(=O)C=C4. The Morgan fingerprint density at radius 3 is 1.92 bits per heavy atom. The van der Waals surface area contributed by atoms with Crippen molar-refractivity contribution in [2.24, 2.45) is 46.6 Å². The average molecular weight is 2020 g/mol. The number of rotatable bonds is 25. The summed E-state index contributed by atoms with van der Waals surface area (Å²) in [6.07, 6.45) is -17.8. The number of carbonyl (C=O) groups is 4. The van der Waals surface area contributed by atoms with Gasteiger partial charge in [0.05, 0.1) is 57.0 Å². The number of aryl methyl sites for hydroxylation is 1. The van der Waals surface area contributed by atoms with Crippen LogP contribution in [0.5, 0.6) is 28.7 Å². The van der Waals surface area contributed by atoms with Gasteiger partial charge in [-0.25, -0.2) is 52.5 Å². The Morgan fingerprint density at radius 1 is 0.714 bits per heavy atom. The monoisotopic (exact) mass is 2010 g/mol. The van der Waals surface area contributed by atoms with Crippen molar-refractivity contribution in [2.45, 2.75) is 187 Å². The number of carbonyl (C=O) groups excluding carboxylic acids is 3. The Morgan fingerprint density at radius 2 is 1.33 bits per heavy atom. The highest BCUT2D eigenvalue weighted by Gasteiger charge is 2.53. The number of ketones is 2. The van der Waals surface area contributed by atoms with Crippen molar-refractivity contribution >= 4 is 125 Å². The zero-order chi connectivity index (χ0) is 101. The molecule has 0 saturated carbocycles. The maximum Gasteiger partial charge on any atom is 0.333 e. The Hall–Kier alpha value is -13.0. The number of aliphatic hydroxyl groups excluding tert-OH is 15. The van der Waals surface area contributed by atoms with E-state index in [2.05, 4.69) is 40.3 Å². The molecule has 2 fully saturated rings. The van der Waals surface area contributed by atoms with E-state index in [9.17, 15) is 114 Å². The molecule has 2 aliphatic carbocycles. The van der Waals surface area contributed by atoms with E-state index in [1.807, 2.05) is 13.8 Å². The fourth-order valence-electron chi connectivity index (χ4n) is 17.3. The van der Waals surface area contributed by atoms with E-state index in [1.54, 1.807) is 72.5 Å². The number of sulfonamides is 1. The number of para-hydroxylation sites is 2. The maximum absolute atomic E-state index is 15.1. The number of likely N-dealkylation sites (N-methyl/N-ethyl adjacent to an activating group) is 1. The van der Waals surface area contributed by atoms with Crippen molar-refractivity contribution < 1.29 is 151 Å². The minimum atomic E-state index is -4.73.